The molecule has 2 aromatic carbocycles. The molecule has 1 fully saturated rings. The molecule has 174 valence electrons. The van der Waals surface area contributed by atoms with Gasteiger partial charge in [-0.25, -0.2) is 13.2 Å². The van der Waals surface area contributed by atoms with Crippen molar-refractivity contribution in [1.29, 1.82) is 0 Å². The number of carbonyl (C=O) groups excluding carboxylic acids is 1. The molecule has 0 saturated carbocycles. The van der Waals surface area contributed by atoms with Crippen molar-refractivity contribution < 1.29 is 27.4 Å². The summed E-state index contributed by atoms with van der Waals surface area (Å²) in [5, 5.41) is 0. The average Bonchev–Trinajstić information content (AvgIpc) is 3.16. The molecule has 3 rings (SSSR count). The lowest BCUT2D eigenvalue weighted by atomic mass is 9.88. The van der Waals surface area contributed by atoms with E-state index in [0.717, 1.165) is 11.6 Å². The maximum Gasteiger partial charge on any atom is 0.248 e. The van der Waals surface area contributed by atoms with E-state index in [4.69, 9.17) is 9.47 Å². The zero-order valence-electron chi connectivity index (χ0n) is 18.4. The number of rotatable bonds is 10. The van der Waals surface area contributed by atoms with Crippen LogP contribution in [0.1, 0.15) is 17.0 Å². The van der Waals surface area contributed by atoms with Crippen LogP contribution in [0, 0.1) is 23.4 Å². The molecule has 0 bridgehead atoms. The molecule has 8 heteroatoms. The minimum atomic E-state index is -0.879. The highest BCUT2D eigenvalue weighted by Gasteiger charge is 2.36. The molecule has 5 nitrogen and oxygen atoms in total. The van der Waals surface area contributed by atoms with E-state index in [0.29, 0.717) is 44.9 Å². The third kappa shape index (κ3) is 6.31. The minimum absolute atomic E-state index is 0.0172. The topological polar surface area (TPSA) is 42.0 Å². The van der Waals surface area contributed by atoms with E-state index in [1.54, 1.807) is 24.1 Å². The molecule has 0 unspecified atom stereocenters. The van der Waals surface area contributed by atoms with Gasteiger partial charge in [0.2, 0.25) is 5.91 Å². The number of hydrogen-bond acceptors (Lipinski definition) is 4. The number of hydrogen-bond donors (Lipinski definition) is 0. The predicted molar refractivity (Wildman–Crippen MR) is 115 cm³/mol. The SMILES string of the molecule is COCCN(C[C@@H]1CN(Cc2ccc(F)c(F)c2)C[C@@H]1c1cccc(F)c1)C(=O)COC. The molecule has 32 heavy (non-hydrogen) atoms. The highest BCUT2D eigenvalue weighted by atomic mass is 19.2. The van der Waals surface area contributed by atoms with Crippen LogP contribution in [0.2, 0.25) is 0 Å². The Morgan fingerprint density at radius 3 is 2.56 bits per heavy atom. The third-order valence-electron chi connectivity index (χ3n) is 5.82. The third-order valence-corrected chi connectivity index (χ3v) is 5.82. The zero-order valence-corrected chi connectivity index (χ0v) is 18.4. The molecule has 1 amide bonds. The van der Waals surface area contributed by atoms with Crippen LogP contribution >= 0.6 is 0 Å². The van der Waals surface area contributed by atoms with Crippen LogP contribution in [0.3, 0.4) is 0 Å². The Balaban J connectivity index is 1.80. The fourth-order valence-electron chi connectivity index (χ4n) is 4.30. The van der Waals surface area contributed by atoms with Crippen molar-refractivity contribution in [3.05, 3.63) is 71.0 Å². The van der Waals surface area contributed by atoms with Crippen molar-refractivity contribution in [1.82, 2.24) is 9.80 Å². The Kier molecular flexibility index (Phi) is 8.67. The van der Waals surface area contributed by atoms with E-state index < -0.39 is 11.6 Å². The molecule has 2 aromatic rings. The van der Waals surface area contributed by atoms with Crippen molar-refractivity contribution in [2.45, 2.75) is 12.5 Å². The molecular weight excluding hydrogens is 421 g/mol. The standard InChI is InChI=1S/C24H29F3N2O3/c1-31-9-8-29(24(30)16-32-2)14-19-13-28(12-17-6-7-22(26)23(27)10-17)15-21(19)18-4-3-5-20(25)11-18/h3-7,10-11,19,21H,8-9,12-16H2,1-2H3/t19-,21+/m0/s1. The molecule has 0 aliphatic carbocycles. The normalized spacial score (nSPS) is 18.8. The van der Waals surface area contributed by atoms with Crippen molar-refractivity contribution in [3.63, 3.8) is 0 Å². The van der Waals surface area contributed by atoms with Gasteiger partial charge in [0.15, 0.2) is 11.6 Å². The molecule has 1 aliphatic rings. The van der Waals surface area contributed by atoms with Gasteiger partial charge in [-0.3, -0.25) is 9.69 Å². The van der Waals surface area contributed by atoms with Gasteiger partial charge in [0.1, 0.15) is 12.4 Å². The van der Waals surface area contributed by atoms with Crippen LogP contribution in [0.25, 0.3) is 0 Å². The highest BCUT2D eigenvalue weighted by Crippen LogP contribution is 2.34. The molecule has 1 heterocycles. The van der Waals surface area contributed by atoms with E-state index in [1.165, 1.54) is 25.3 Å². The summed E-state index contributed by atoms with van der Waals surface area (Å²) in [7, 11) is 3.05. The van der Waals surface area contributed by atoms with Crippen molar-refractivity contribution in [3.8, 4) is 0 Å². The number of ether oxygens (including phenoxy) is 2. The van der Waals surface area contributed by atoms with E-state index in [2.05, 4.69) is 4.90 Å². The van der Waals surface area contributed by atoms with Crippen LogP contribution in [0.4, 0.5) is 13.2 Å². The van der Waals surface area contributed by atoms with Gasteiger partial charge in [-0.1, -0.05) is 18.2 Å². The monoisotopic (exact) mass is 450 g/mol. The van der Waals surface area contributed by atoms with Crippen LogP contribution in [0.5, 0.6) is 0 Å². The lowest BCUT2D eigenvalue weighted by molar-refractivity contribution is -0.136. The summed E-state index contributed by atoms with van der Waals surface area (Å²) in [6.45, 7) is 2.93. The number of nitrogens with zero attached hydrogens (tertiary/aromatic N) is 2. The zero-order chi connectivity index (χ0) is 23.1. The molecule has 0 spiro atoms. The first-order valence-electron chi connectivity index (χ1n) is 10.6. The second-order valence-electron chi connectivity index (χ2n) is 8.13. The van der Waals surface area contributed by atoms with Gasteiger partial charge in [-0.15, -0.1) is 0 Å². The first kappa shape index (κ1) is 24.2. The summed E-state index contributed by atoms with van der Waals surface area (Å²) in [5.41, 5.74) is 1.52. The quantitative estimate of drug-likeness (QED) is 0.556. The average molecular weight is 451 g/mol. The summed E-state index contributed by atoms with van der Waals surface area (Å²) < 4.78 is 51.1. The van der Waals surface area contributed by atoms with Crippen LogP contribution in [-0.2, 0) is 20.8 Å². The van der Waals surface area contributed by atoms with Gasteiger partial charge in [0.05, 0.1) is 6.61 Å². The Bertz CT molecular complexity index is 912. The number of amides is 1. The Morgan fingerprint density at radius 2 is 1.88 bits per heavy atom. The number of halogens is 3. The second-order valence-corrected chi connectivity index (χ2v) is 8.13. The summed E-state index contributed by atoms with van der Waals surface area (Å²) in [6, 6.07) is 10.4. The largest absolute Gasteiger partial charge is 0.383 e. The summed E-state index contributed by atoms with van der Waals surface area (Å²) in [5.74, 6) is -2.20. The number of benzene rings is 2. The molecular formula is C24H29F3N2O3. The fraction of sp³-hybridized carbons (Fsp3) is 0.458. The van der Waals surface area contributed by atoms with Crippen molar-refractivity contribution in [2.75, 3.05) is 53.6 Å². The first-order valence-corrected chi connectivity index (χ1v) is 10.6. The van der Waals surface area contributed by atoms with Gasteiger partial charge in [-0.05, 0) is 41.3 Å². The maximum absolute atomic E-state index is 13.9. The van der Waals surface area contributed by atoms with E-state index in [1.807, 2.05) is 6.07 Å². The molecule has 1 aliphatic heterocycles. The van der Waals surface area contributed by atoms with Crippen LogP contribution in [0.15, 0.2) is 42.5 Å². The maximum atomic E-state index is 13.9. The lowest BCUT2D eigenvalue weighted by Crippen LogP contribution is -2.41. The molecule has 0 N–H and O–H groups in total. The van der Waals surface area contributed by atoms with Gasteiger partial charge >= 0.3 is 0 Å². The molecule has 2 atom stereocenters. The van der Waals surface area contributed by atoms with Crippen LogP contribution < -0.4 is 0 Å². The summed E-state index contributed by atoms with van der Waals surface area (Å²) >= 11 is 0. The Morgan fingerprint density at radius 1 is 1.06 bits per heavy atom. The van der Waals surface area contributed by atoms with Gasteiger partial charge in [-0.2, -0.15) is 0 Å². The van der Waals surface area contributed by atoms with E-state index in [9.17, 15) is 18.0 Å². The second kappa shape index (κ2) is 11.4. The van der Waals surface area contributed by atoms with Gasteiger partial charge in [0, 0.05) is 52.9 Å². The molecule has 0 aromatic heterocycles. The minimum Gasteiger partial charge on any atom is -0.383 e. The number of carbonyl (C=O) groups is 1. The smallest absolute Gasteiger partial charge is 0.248 e. The molecule has 1 saturated heterocycles. The molecule has 0 radical (unpaired) electrons. The lowest BCUT2D eigenvalue weighted by Gasteiger charge is -2.28. The number of likely N-dealkylation sites (tertiary alicyclic amines) is 1. The first-order chi connectivity index (χ1) is 15.4. The Labute approximate surface area is 186 Å². The van der Waals surface area contributed by atoms with Crippen molar-refractivity contribution in [2.24, 2.45) is 5.92 Å². The highest BCUT2D eigenvalue weighted by molar-refractivity contribution is 5.77. The predicted octanol–water partition coefficient (Wildman–Crippen LogP) is 3.44. The van der Waals surface area contributed by atoms with E-state index >= 15 is 0 Å². The van der Waals surface area contributed by atoms with Crippen molar-refractivity contribution >= 4 is 5.91 Å². The van der Waals surface area contributed by atoms with Crippen LogP contribution in [-0.4, -0.2) is 69.3 Å². The summed E-state index contributed by atoms with van der Waals surface area (Å²) in [4.78, 5) is 16.4. The number of methoxy groups -OCH3 is 2. The fourth-order valence-corrected chi connectivity index (χ4v) is 4.30. The van der Waals surface area contributed by atoms with E-state index in [-0.39, 0.29) is 30.2 Å². The summed E-state index contributed by atoms with van der Waals surface area (Å²) in [6.07, 6.45) is 0. The Hall–Kier alpha value is -2.42. The van der Waals surface area contributed by atoms with Gasteiger partial charge in [0.25, 0.3) is 0 Å². The van der Waals surface area contributed by atoms with Gasteiger partial charge < -0.3 is 14.4 Å².